The Bertz CT molecular complexity index is 451. The summed E-state index contributed by atoms with van der Waals surface area (Å²) >= 11 is 11.9. The fourth-order valence-corrected chi connectivity index (χ4v) is 2.52. The Labute approximate surface area is 130 Å². The molecule has 112 valence electrons. The molecule has 0 fully saturated rings. The highest BCUT2D eigenvalue weighted by molar-refractivity contribution is 6.35. The van der Waals surface area contributed by atoms with E-state index in [0.29, 0.717) is 35.7 Å². The lowest BCUT2D eigenvalue weighted by Gasteiger charge is -2.30. The van der Waals surface area contributed by atoms with Crippen molar-refractivity contribution in [2.45, 2.75) is 45.1 Å². The molecule has 1 aromatic rings. The van der Waals surface area contributed by atoms with Gasteiger partial charge in [-0.05, 0) is 37.0 Å². The number of nitrogens with one attached hydrogen (secondary N) is 1. The van der Waals surface area contributed by atoms with Gasteiger partial charge in [-0.15, -0.1) is 0 Å². The molecule has 1 rings (SSSR count). The third-order valence-electron chi connectivity index (χ3n) is 3.70. The second kappa shape index (κ2) is 7.87. The van der Waals surface area contributed by atoms with E-state index in [-0.39, 0.29) is 12.5 Å². The number of hydrogen-bond donors (Lipinski definition) is 2. The highest BCUT2D eigenvalue weighted by atomic mass is 35.5. The molecule has 5 heteroatoms. The van der Waals surface area contributed by atoms with Crippen molar-refractivity contribution in [3.05, 3.63) is 33.8 Å². The van der Waals surface area contributed by atoms with Crippen LogP contribution in [0.2, 0.25) is 10.0 Å². The molecule has 0 aromatic heterocycles. The van der Waals surface area contributed by atoms with E-state index < -0.39 is 5.54 Å². The second-order valence-electron chi connectivity index (χ2n) is 4.93. The topological polar surface area (TPSA) is 49.3 Å². The zero-order chi connectivity index (χ0) is 15.2. The van der Waals surface area contributed by atoms with Crippen molar-refractivity contribution < 1.29 is 9.90 Å². The summed E-state index contributed by atoms with van der Waals surface area (Å²) in [6.07, 6.45) is 2.29. The van der Waals surface area contributed by atoms with Crippen molar-refractivity contribution >= 4 is 29.1 Å². The SMILES string of the molecule is CCC(CC)(CO)NC(=O)CCc1ccc(Cl)cc1Cl. The normalized spacial score (nSPS) is 11.4. The number of halogens is 2. The maximum atomic E-state index is 12.0. The molecule has 2 N–H and O–H groups in total. The maximum absolute atomic E-state index is 12.0. The van der Waals surface area contributed by atoms with Gasteiger partial charge in [-0.2, -0.15) is 0 Å². The highest BCUT2D eigenvalue weighted by Crippen LogP contribution is 2.22. The van der Waals surface area contributed by atoms with Crippen LogP contribution in [0, 0.1) is 0 Å². The molecule has 20 heavy (non-hydrogen) atoms. The second-order valence-corrected chi connectivity index (χ2v) is 5.77. The third-order valence-corrected chi connectivity index (χ3v) is 4.28. The van der Waals surface area contributed by atoms with E-state index in [2.05, 4.69) is 5.32 Å². The van der Waals surface area contributed by atoms with E-state index in [1.54, 1.807) is 12.1 Å². The van der Waals surface area contributed by atoms with Crippen LogP contribution in [0.4, 0.5) is 0 Å². The van der Waals surface area contributed by atoms with Gasteiger partial charge in [0.05, 0.1) is 12.1 Å². The molecule has 0 saturated heterocycles. The van der Waals surface area contributed by atoms with Gasteiger partial charge in [-0.25, -0.2) is 0 Å². The van der Waals surface area contributed by atoms with Crippen LogP contribution in [-0.4, -0.2) is 23.2 Å². The molecule has 1 aromatic carbocycles. The van der Waals surface area contributed by atoms with E-state index in [9.17, 15) is 9.90 Å². The Morgan fingerprint density at radius 3 is 2.45 bits per heavy atom. The van der Waals surface area contributed by atoms with Crippen LogP contribution in [0.5, 0.6) is 0 Å². The molecule has 0 saturated carbocycles. The van der Waals surface area contributed by atoms with Gasteiger partial charge in [0.1, 0.15) is 0 Å². The largest absolute Gasteiger partial charge is 0.394 e. The lowest BCUT2D eigenvalue weighted by molar-refractivity contribution is -0.123. The number of benzene rings is 1. The fourth-order valence-electron chi connectivity index (χ4n) is 2.02. The number of aliphatic hydroxyl groups excluding tert-OH is 1. The zero-order valence-electron chi connectivity index (χ0n) is 11.9. The quantitative estimate of drug-likeness (QED) is 0.807. The number of aryl methyl sites for hydroxylation is 1. The van der Waals surface area contributed by atoms with Gasteiger partial charge in [0.2, 0.25) is 5.91 Å². The minimum atomic E-state index is -0.513. The molecule has 3 nitrogen and oxygen atoms in total. The van der Waals surface area contributed by atoms with E-state index in [4.69, 9.17) is 23.2 Å². The van der Waals surface area contributed by atoms with Crippen LogP contribution in [0.1, 0.15) is 38.7 Å². The molecule has 1 amide bonds. The monoisotopic (exact) mass is 317 g/mol. The minimum Gasteiger partial charge on any atom is -0.394 e. The molecule has 0 bridgehead atoms. The summed E-state index contributed by atoms with van der Waals surface area (Å²) in [6, 6.07) is 5.26. The fraction of sp³-hybridized carbons (Fsp3) is 0.533. The molecular weight excluding hydrogens is 297 g/mol. The number of rotatable bonds is 7. The average molecular weight is 318 g/mol. The number of hydrogen-bond acceptors (Lipinski definition) is 2. The number of carbonyl (C=O) groups excluding carboxylic acids is 1. The van der Waals surface area contributed by atoms with Crippen molar-refractivity contribution in [3.8, 4) is 0 Å². The minimum absolute atomic E-state index is 0.0482. The summed E-state index contributed by atoms with van der Waals surface area (Å²) < 4.78 is 0. The van der Waals surface area contributed by atoms with Crippen LogP contribution in [0.15, 0.2) is 18.2 Å². The first-order valence-electron chi connectivity index (χ1n) is 6.82. The summed E-state index contributed by atoms with van der Waals surface area (Å²) in [5, 5.41) is 13.5. The molecule has 0 unspecified atom stereocenters. The summed E-state index contributed by atoms with van der Waals surface area (Å²) in [5.41, 5.74) is 0.384. The van der Waals surface area contributed by atoms with Crippen LogP contribution in [0.3, 0.4) is 0 Å². The van der Waals surface area contributed by atoms with Gasteiger partial charge in [0, 0.05) is 16.5 Å². The van der Waals surface area contributed by atoms with E-state index in [1.165, 1.54) is 0 Å². The van der Waals surface area contributed by atoms with Crippen LogP contribution >= 0.6 is 23.2 Å². The summed E-state index contributed by atoms with van der Waals surface area (Å²) in [6.45, 7) is 3.86. The molecule has 0 atom stereocenters. The predicted molar refractivity (Wildman–Crippen MR) is 83.3 cm³/mol. The van der Waals surface area contributed by atoms with Gasteiger partial charge in [0.25, 0.3) is 0 Å². The van der Waals surface area contributed by atoms with Crippen molar-refractivity contribution in [1.82, 2.24) is 5.32 Å². The lowest BCUT2D eigenvalue weighted by atomic mass is 9.93. The smallest absolute Gasteiger partial charge is 0.220 e. The average Bonchev–Trinajstić information content (AvgIpc) is 2.44. The molecule has 0 heterocycles. The predicted octanol–water partition coefficient (Wildman–Crippen LogP) is 3.59. The van der Waals surface area contributed by atoms with Crippen LogP contribution < -0.4 is 5.32 Å². The van der Waals surface area contributed by atoms with Crippen LogP contribution in [0.25, 0.3) is 0 Å². The van der Waals surface area contributed by atoms with Gasteiger partial charge in [0.15, 0.2) is 0 Å². The Morgan fingerprint density at radius 2 is 1.95 bits per heavy atom. The number of aliphatic hydroxyl groups is 1. The van der Waals surface area contributed by atoms with Gasteiger partial charge < -0.3 is 10.4 Å². The molecular formula is C15H21Cl2NO2. The summed E-state index contributed by atoms with van der Waals surface area (Å²) in [5.74, 6) is -0.0752. The third kappa shape index (κ3) is 4.65. The molecule has 0 aliphatic carbocycles. The zero-order valence-corrected chi connectivity index (χ0v) is 13.4. The van der Waals surface area contributed by atoms with Crippen LogP contribution in [-0.2, 0) is 11.2 Å². The Kier molecular flexibility index (Phi) is 6.80. The van der Waals surface area contributed by atoms with E-state index >= 15 is 0 Å². The first kappa shape index (κ1) is 17.3. The maximum Gasteiger partial charge on any atom is 0.220 e. The molecule has 0 radical (unpaired) electrons. The number of amides is 1. The first-order valence-corrected chi connectivity index (χ1v) is 7.57. The standard InChI is InChI=1S/C15H21Cl2NO2/c1-3-15(4-2,10-19)18-14(20)8-6-11-5-7-12(16)9-13(11)17/h5,7,9,19H,3-4,6,8,10H2,1-2H3,(H,18,20). The van der Waals surface area contributed by atoms with Gasteiger partial charge in [-0.1, -0.05) is 43.1 Å². The van der Waals surface area contributed by atoms with E-state index in [1.807, 2.05) is 19.9 Å². The van der Waals surface area contributed by atoms with Crippen molar-refractivity contribution in [2.24, 2.45) is 0 Å². The Morgan fingerprint density at radius 1 is 1.30 bits per heavy atom. The molecule has 0 spiro atoms. The summed E-state index contributed by atoms with van der Waals surface area (Å²) in [4.78, 5) is 12.0. The van der Waals surface area contributed by atoms with Crippen molar-refractivity contribution in [1.29, 1.82) is 0 Å². The summed E-state index contributed by atoms with van der Waals surface area (Å²) in [7, 11) is 0. The molecule has 0 aliphatic rings. The number of carbonyl (C=O) groups is 1. The van der Waals surface area contributed by atoms with Gasteiger partial charge >= 0.3 is 0 Å². The Hall–Kier alpha value is -0.770. The van der Waals surface area contributed by atoms with Gasteiger partial charge in [-0.3, -0.25) is 4.79 Å². The van der Waals surface area contributed by atoms with Crippen molar-refractivity contribution in [2.75, 3.05) is 6.61 Å². The Balaban J connectivity index is 2.59. The van der Waals surface area contributed by atoms with Crippen molar-refractivity contribution in [3.63, 3.8) is 0 Å². The van der Waals surface area contributed by atoms with E-state index in [0.717, 1.165) is 5.56 Å². The lowest BCUT2D eigenvalue weighted by Crippen LogP contribution is -2.50. The molecule has 0 aliphatic heterocycles. The highest BCUT2D eigenvalue weighted by Gasteiger charge is 2.26. The first-order chi connectivity index (χ1) is 9.46.